The van der Waals surface area contributed by atoms with E-state index >= 15 is 0 Å². The van der Waals surface area contributed by atoms with Crippen molar-refractivity contribution < 1.29 is 14.7 Å². The van der Waals surface area contributed by atoms with Crippen molar-refractivity contribution in [2.45, 2.75) is 51.5 Å². The number of carboxylic acids is 1. The highest BCUT2D eigenvalue weighted by Gasteiger charge is 2.40. The van der Waals surface area contributed by atoms with Gasteiger partial charge in [0.05, 0.1) is 12.0 Å². The molecule has 0 unspecified atom stereocenters. The fourth-order valence-corrected chi connectivity index (χ4v) is 2.83. The number of hydrogen-bond acceptors (Lipinski definition) is 2. The van der Waals surface area contributed by atoms with E-state index in [1.807, 2.05) is 32.0 Å². The Kier molecular flexibility index (Phi) is 4.50. The summed E-state index contributed by atoms with van der Waals surface area (Å²) in [6, 6.07) is 5.58. The van der Waals surface area contributed by atoms with Crippen LogP contribution in [0.4, 0.5) is 10.5 Å². The number of aryl methyl sites for hydroxylation is 2. The predicted molar refractivity (Wildman–Crippen MR) is 81.5 cm³/mol. The largest absolute Gasteiger partial charge is 0.481 e. The number of aliphatic carboxylic acids is 1. The Morgan fingerprint density at radius 1 is 1.33 bits per heavy atom. The first kappa shape index (κ1) is 15.4. The van der Waals surface area contributed by atoms with E-state index in [-0.39, 0.29) is 12.5 Å². The molecule has 1 aromatic carbocycles. The van der Waals surface area contributed by atoms with E-state index in [1.54, 1.807) is 0 Å². The van der Waals surface area contributed by atoms with Gasteiger partial charge in [0.15, 0.2) is 0 Å². The number of para-hydroxylation sites is 1. The summed E-state index contributed by atoms with van der Waals surface area (Å²) < 4.78 is 0. The van der Waals surface area contributed by atoms with Gasteiger partial charge >= 0.3 is 12.0 Å². The standard InChI is InChI=1S/C16H22N2O3/c1-3-12-7-4-6-11(2)14(12)17-15(21)18-16(8-5-9-16)10-13(19)20/h4,6-7H,3,5,8-10H2,1-2H3,(H,19,20)(H2,17,18,21). The van der Waals surface area contributed by atoms with E-state index in [0.717, 1.165) is 42.5 Å². The molecule has 3 N–H and O–H groups in total. The molecule has 1 fully saturated rings. The van der Waals surface area contributed by atoms with Gasteiger partial charge in [-0.2, -0.15) is 0 Å². The molecule has 0 spiro atoms. The van der Waals surface area contributed by atoms with Crippen LogP contribution in [0.5, 0.6) is 0 Å². The molecule has 2 amide bonds. The lowest BCUT2D eigenvalue weighted by molar-refractivity contribution is -0.139. The summed E-state index contributed by atoms with van der Waals surface area (Å²) >= 11 is 0. The minimum Gasteiger partial charge on any atom is -0.481 e. The summed E-state index contributed by atoms with van der Waals surface area (Å²) in [4.78, 5) is 23.1. The summed E-state index contributed by atoms with van der Waals surface area (Å²) in [6.45, 7) is 3.99. The lowest BCUT2D eigenvalue weighted by Gasteiger charge is -2.41. The minimum absolute atomic E-state index is 0.0190. The van der Waals surface area contributed by atoms with Crippen LogP contribution in [0.2, 0.25) is 0 Å². The first-order chi connectivity index (χ1) is 9.96. The molecule has 1 saturated carbocycles. The van der Waals surface area contributed by atoms with Gasteiger partial charge in [-0.15, -0.1) is 0 Å². The second-order valence-corrected chi connectivity index (χ2v) is 5.75. The number of urea groups is 1. The Labute approximate surface area is 124 Å². The molecule has 0 saturated heterocycles. The maximum atomic E-state index is 12.2. The number of hydrogen-bond donors (Lipinski definition) is 3. The summed E-state index contributed by atoms with van der Waals surface area (Å²) in [5.74, 6) is -0.875. The molecule has 0 heterocycles. The third-order valence-corrected chi connectivity index (χ3v) is 4.16. The average molecular weight is 290 g/mol. The van der Waals surface area contributed by atoms with Crippen LogP contribution in [0.3, 0.4) is 0 Å². The second kappa shape index (κ2) is 6.16. The number of carboxylic acid groups (broad SMARTS) is 1. The summed E-state index contributed by atoms with van der Waals surface area (Å²) in [5.41, 5.74) is 2.32. The maximum absolute atomic E-state index is 12.2. The van der Waals surface area contributed by atoms with Crippen LogP contribution in [0.1, 0.15) is 43.7 Å². The van der Waals surface area contributed by atoms with Crippen LogP contribution in [0.15, 0.2) is 18.2 Å². The number of rotatable bonds is 5. The zero-order chi connectivity index (χ0) is 15.5. The van der Waals surface area contributed by atoms with Gasteiger partial charge in [-0.3, -0.25) is 4.79 Å². The third kappa shape index (κ3) is 3.54. The molecule has 1 aromatic rings. The minimum atomic E-state index is -0.875. The van der Waals surface area contributed by atoms with Crippen molar-refractivity contribution in [1.29, 1.82) is 0 Å². The fourth-order valence-electron chi connectivity index (χ4n) is 2.83. The van der Waals surface area contributed by atoms with Crippen molar-refractivity contribution in [2.24, 2.45) is 0 Å². The Bertz CT molecular complexity index is 550. The van der Waals surface area contributed by atoms with Crippen molar-refractivity contribution in [3.05, 3.63) is 29.3 Å². The normalized spacial score (nSPS) is 15.9. The number of anilines is 1. The van der Waals surface area contributed by atoms with Crippen LogP contribution in [-0.2, 0) is 11.2 Å². The Morgan fingerprint density at radius 2 is 2.05 bits per heavy atom. The third-order valence-electron chi connectivity index (χ3n) is 4.16. The number of amides is 2. The molecule has 5 heteroatoms. The molecule has 0 aliphatic heterocycles. The Morgan fingerprint density at radius 3 is 2.57 bits per heavy atom. The number of carbonyl (C=O) groups is 2. The number of carbonyl (C=O) groups excluding carboxylic acids is 1. The van der Waals surface area contributed by atoms with Gasteiger partial charge in [-0.25, -0.2) is 4.79 Å². The van der Waals surface area contributed by atoms with Gasteiger partial charge in [0, 0.05) is 5.69 Å². The molecule has 0 atom stereocenters. The van der Waals surface area contributed by atoms with Crippen molar-refractivity contribution >= 4 is 17.7 Å². The number of benzene rings is 1. The molecule has 21 heavy (non-hydrogen) atoms. The van der Waals surface area contributed by atoms with E-state index in [1.165, 1.54) is 0 Å². The van der Waals surface area contributed by atoms with Gasteiger partial charge in [-0.1, -0.05) is 25.1 Å². The Balaban J connectivity index is 2.07. The van der Waals surface area contributed by atoms with Crippen LogP contribution < -0.4 is 10.6 Å². The van der Waals surface area contributed by atoms with Gasteiger partial charge in [0.2, 0.25) is 0 Å². The van der Waals surface area contributed by atoms with Crippen molar-refractivity contribution in [3.63, 3.8) is 0 Å². The first-order valence-corrected chi connectivity index (χ1v) is 7.35. The van der Waals surface area contributed by atoms with E-state index in [9.17, 15) is 9.59 Å². The lowest BCUT2D eigenvalue weighted by Crippen LogP contribution is -2.55. The van der Waals surface area contributed by atoms with Crippen molar-refractivity contribution in [3.8, 4) is 0 Å². The molecular formula is C16H22N2O3. The molecule has 0 aromatic heterocycles. The van der Waals surface area contributed by atoms with E-state index in [4.69, 9.17) is 5.11 Å². The number of nitrogens with one attached hydrogen (secondary N) is 2. The molecular weight excluding hydrogens is 268 g/mol. The van der Waals surface area contributed by atoms with Crippen molar-refractivity contribution in [1.82, 2.24) is 5.32 Å². The van der Waals surface area contributed by atoms with Gasteiger partial charge in [0.25, 0.3) is 0 Å². The Hall–Kier alpha value is -2.04. The highest BCUT2D eigenvalue weighted by atomic mass is 16.4. The molecule has 2 rings (SSSR count). The predicted octanol–water partition coefficient (Wildman–Crippen LogP) is 3.08. The van der Waals surface area contributed by atoms with Crippen LogP contribution >= 0.6 is 0 Å². The monoisotopic (exact) mass is 290 g/mol. The lowest BCUT2D eigenvalue weighted by atomic mass is 9.74. The maximum Gasteiger partial charge on any atom is 0.319 e. The second-order valence-electron chi connectivity index (χ2n) is 5.75. The van der Waals surface area contributed by atoms with E-state index in [2.05, 4.69) is 10.6 Å². The molecule has 1 aliphatic carbocycles. The SMILES string of the molecule is CCc1cccc(C)c1NC(=O)NC1(CC(=O)O)CCC1. The molecule has 114 valence electrons. The van der Waals surface area contributed by atoms with Crippen LogP contribution in [-0.4, -0.2) is 22.6 Å². The van der Waals surface area contributed by atoms with Gasteiger partial charge in [0.1, 0.15) is 0 Å². The summed E-state index contributed by atoms with van der Waals surface area (Å²) in [5, 5.41) is 14.7. The first-order valence-electron chi connectivity index (χ1n) is 7.35. The summed E-state index contributed by atoms with van der Waals surface area (Å²) in [7, 11) is 0. The highest BCUT2D eigenvalue weighted by molar-refractivity contribution is 5.92. The molecule has 0 bridgehead atoms. The molecule has 1 aliphatic rings. The summed E-state index contributed by atoms with van der Waals surface area (Å²) in [6.07, 6.45) is 3.22. The van der Waals surface area contributed by atoms with E-state index < -0.39 is 11.5 Å². The van der Waals surface area contributed by atoms with Crippen LogP contribution in [0, 0.1) is 6.92 Å². The zero-order valence-corrected chi connectivity index (χ0v) is 12.5. The van der Waals surface area contributed by atoms with Crippen molar-refractivity contribution in [2.75, 3.05) is 5.32 Å². The van der Waals surface area contributed by atoms with Gasteiger partial charge in [-0.05, 0) is 43.7 Å². The van der Waals surface area contributed by atoms with E-state index in [0.29, 0.717) is 0 Å². The highest BCUT2D eigenvalue weighted by Crippen LogP contribution is 2.35. The zero-order valence-electron chi connectivity index (χ0n) is 12.5. The van der Waals surface area contributed by atoms with Crippen LogP contribution in [0.25, 0.3) is 0 Å². The fraction of sp³-hybridized carbons (Fsp3) is 0.500. The van der Waals surface area contributed by atoms with Gasteiger partial charge < -0.3 is 15.7 Å². The topological polar surface area (TPSA) is 78.4 Å². The smallest absolute Gasteiger partial charge is 0.319 e. The molecule has 0 radical (unpaired) electrons. The quantitative estimate of drug-likeness (QED) is 0.779. The average Bonchev–Trinajstić information content (AvgIpc) is 2.38. The molecule has 5 nitrogen and oxygen atoms in total.